The fourth-order valence-electron chi connectivity index (χ4n) is 4.94. The molecule has 2 heterocycles. The molecule has 2 N–H and O–H groups in total. The number of imidazole rings is 1. The third kappa shape index (κ3) is 9.37. The van der Waals surface area contributed by atoms with Crippen molar-refractivity contribution >= 4 is 23.7 Å². The van der Waals surface area contributed by atoms with Crippen LogP contribution in [0, 0.1) is 0 Å². The van der Waals surface area contributed by atoms with Crippen molar-refractivity contribution in [3.8, 4) is 0 Å². The predicted molar refractivity (Wildman–Crippen MR) is 162 cm³/mol. The molecule has 1 saturated heterocycles. The highest BCUT2D eigenvalue weighted by molar-refractivity contribution is 5.96. The summed E-state index contributed by atoms with van der Waals surface area (Å²) in [4.78, 5) is 56.0. The van der Waals surface area contributed by atoms with E-state index in [0.29, 0.717) is 6.54 Å². The van der Waals surface area contributed by atoms with E-state index in [9.17, 15) is 14.4 Å². The van der Waals surface area contributed by atoms with Gasteiger partial charge < -0.3 is 29.6 Å². The number of hydrogen-bond acceptors (Lipinski definition) is 8. The van der Waals surface area contributed by atoms with E-state index in [-0.39, 0.29) is 37.6 Å². The molecular formula is C32H41N5O7. The maximum atomic E-state index is 13.9. The minimum absolute atomic E-state index is 0.105. The second-order valence-electron chi connectivity index (χ2n) is 11.5. The Morgan fingerprint density at radius 2 is 1.75 bits per heavy atom. The summed E-state index contributed by atoms with van der Waals surface area (Å²) in [6.45, 7) is 6.22. The Kier molecular flexibility index (Phi) is 11.5. The molecule has 1 aromatic heterocycles. The van der Waals surface area contributed by atoms with Gasteiger partial charge in [-0.05, 0) is 44.7 Å². The second-order valence-corrected chi connectivity index (χ2v) is 11.5. The van der Waals surface area contributed by atoms with Crippen molar-refractivity contribution in [1.29, 1.82) is 0 Å². The van der Waals surface area contributed by atoms with E-state index in [1.54, 1.807) is 36.4 Å². The van der Waals surface area contributed by atoms with Crippen LogP contribution in [-0.2, 0) is 35.4 Å². The van der Waals surface area contributed by atoms with E-state index in [1.807, 2.05) is 60.7 Å². The van der Waals surface area contributed by atoms with Gasteiger partial charge in [-0.1, -0.05) is 60.7 Å². The van der Waals surface area contributed by atoms with Crippen molar-refractivity contribution in [3.63, 3.8) is 0 Å². The van der Waals surface area contributed by atoms with Gasteiger partial charge in [0.25, 0.3) is 11.8 Å². The fourth-order valence-corrected chi connectivity index (χ4v) is 4.94. The number of nitrogens with zero attached hydrogens (tertiary/aromatic N) is 3. The minimum Gasteiger partial charge on any atom is -0.444 e. The molecule has 0 saturated carbocycles. The summed E-state index contributed by atoms with van der Waals surface area (Å²) < 4.78 is 12.8. The summed E-state index contributed by atoms with van der Waals surface area (Å²) in [6, 6.07) is 17.0. The number of rotatable bonds is 13. The van der Waals surface area contributed by atoms with Gasteiger partial charge in [-0.2, -0.15) is 0 Å². The molecule has 2 unspecified atom stereocenters. The van der Waals surface area contributed by atoms with Gasteiger partial charge in [0.1, 0.15) is 24.3 Å². The Balaban J connectivity index is 1.50. The molecule has 1 fully saturated rings. The molecular weight excluding hydrogens is 566 g/mol. The van der Waals surface area contributed by atoms with E-state index in [1.165, 1.54) is 13.4 Å². The van der Waals surface area contributed by atoms with Crippen molar-refractivity contribution in [3.05, 3.63) is 84.3 Å². The molecule has 4 rings (SSSR count). The average Bonchev–Trinajstić information content (AvgIpc) is 3.65. The molecule has 1 aliphatic rings. The smallest absolute Gasteiger partial charge is 0.408 e. The Hall–Kier alpha value is -4.26. The number of alkyl carbamates (subject to hydrolysis) is 1. The van der Waals surface area contributed by atoms with Crippen LogP contribution in [0.2, 0.25) is 0 Å². The lowest BCUT2D eigenvalue weighted by atomic mass is 10.0. The topological polar surface area (TPSA) is 133 Å². The van der Waals surface area contributed by atoms with Crippen LogP contribution in [0.3, 0.4) is 0 Å². The van der Waals surface area contributed by atoms with Gasteiger partial charge in [0, 0.05) is 12.7 Å². The molecule has 12 nitrogen and oxygen atoms in total. The molecule has 0 spiro atoms. The molecule has 3 atom stereocenters. The zero-order valence-corrected chi connectivity index (χ0v) is 25.6. The van der Waals surface area contributed by atoms with Crippen molar-refractivity contribution in [2.75, 3.05) is 32.2 Å². The van der Waals surface area contributed by atoms with E-state index in [0.717, 1.165) is 24.0 Å². The van der Waals surface area contributed by atoms with E-state index >= 15 is 0 Å². The molecule has 0 aliphatic carbocycles. The maximum Gasteiger partial charge on any atom is 0.408 e. The number of carbonyl (C=O) groups excluding carboxylic acids is 3. The SMILES string of the molecule is COOCC1CCCN1C(=O)C(c1ccccc1)n1cnc(NC(=O)[C@@H](COCc2ccccc2)NC(=O)OC(C)(C)C)c1. The quantitative estimate of drug-likeness (QED) is 0.219. The van der Waals surface area contributed by atoms with Gasteiger partial charge in [0.2, 0.25) is 0 Å². The molecule has 0 bridgehead atoms. The highest BCUT2D eigenvalue weighted by atomic mass is 17.2. The third-order valence-corrected chi connectivity index (χ3v) is 6.94. The largest absolute Gasteiger partial charge is 0.444 e. The van der Waals surface area contributed by atoms with Crippen LogP contribution in [0.5, 0.6) is 0 Å². The standard InChI is InChI=1S/C32H41N5O7/c1-32(2,3)44-31(40)34-26(21-42-19-23-12-7-5-8-13-23)29(38)35-27-18-36(22-33-27)28(24-14-9-6-10-15-24)30(39)37-17-11-16-25(37)20-43-41-4/h5-10,12-15,18,22,25-26,28H,11,16-17,19-21H2,1-4H3,(H,34,40)(H,35,38)/t25?,26-,28?/m1/s1. The van der Waals surface area contributed by atoms with Crippen LogP contribution >= 0.6 is 0 Å². The number of carbonyl (C=O) groups is 3. The minimum atomic E-state index is -1.07. The number of amides is 3. The van der Waals surface area contributed by atoms with Crippen LogP contribution in [0.4, 0.5) is 10.6 Å². The molecule has 236 valence electrons. The Morgan fingerprint density at radius 1 is 1.05 bits per heavy atom. The number of anilines is 1. The van der Waals surface area contributed by atoms with Crippen LogP contribution in [0.1, 0.15) is 50.8 Å². The summed E-state index contributed by atoms with van der Waals surface area (Å²) in [5.41, 5.74) is 0.941. The molecule has 0 radical (unpaired) electrons. The van der Waals surface area contributed by atoms with Crippen LogP contribution in [-0.4, -0.2) is 76.9 Å². The lowest BCUT2D eigenvalue weighted by Crippen LogP contribution is -2.48. The lowest BCUT2D eigenvalue weighted by Gasteiger charge is -2.29. The first-order valence-electron chi connectivity index (χ1n) is 14.6. The number of ether oxygens (including phenoxy) is 2. The average molecular weight is 608 g/mol. The van der Waals surface area contributed by atoms with Gasteiger partial charge >= 0.3 is 6.09 Å². The van der Waals surface area contributed by atoms with Crippen molar-refractivity contribution in [1.82, 2.24) is 19.8 Å². The molecule has 44 heavy (non-hydrogen) atoms. The van der Waals surface area contributed by atoms with Gasteiger partial charge in [0.05, 0.1) is 32.7 Å². The molecule has 3 aromatic rings. The predicted octanol–water partition coefficient (Wildman–Crippen LogP) is 4.09. The molecule has 12 heteroatoms. The summed E-state index contributed by atoms with van der Waals surface area (Å²) in [5, 5.41) is 5.34. The fraction of sp³-hybridized carbons (Fsp3) is 0.438. The molecule has 3 amide bonds. The van der Waals surface area contributed by atoms with Gasteiger partial charge in [0.15, 0.2) is 5.82 Å². The highest BCUT2D eigenvalue weighted by Gasteiger charge is 2.35. The first kappa shape index (κ1) is 32.6. The number of benzene rings is 2. The highest BCUT2D eigenvalue weighted by Crippen LogP contribution is 2.27. The van der Waals surface area contributed by atoms with Crippen molar-refractivity contribution in [2.45, 2.75) is 63.9 Å². The van der Waals surface area contributed by atoms with Crippen molar-refractivity contribution < 1.29 is 33.6 Å². The maximum absolute atomic E-state index is 13.9. The van der Waals surface area contributed by atoms with E-state index in [4.69, 9.17) is 19.2 Å². The Bertz CT molecular complexity index is 1360. The zero-order valence-electron chi connectivity index (χ0n) is 25.6. The second kappa shape index (κ2) is 15.5. The van der Waals surface area contributed by atoms with Gasteiger partial charge in [-0.15, -0.1) is 0 Å². The number of hydrogen-bond donors (Lipinski definition) is 2. The van der Waals surface area contributed by atoms with Crippen LogP contribution in [0.15, 0.2) is 73.2 Å². The Morgan fingerprint density at radius 3 is 2.43 bits per heavy atom. The monoisotopic (exact) mass is 607 g/mol. The number of likely N-dealkylation sites (tertiary alicyclic amines) is 1. The normalized spacial score (nSPS) is 16.3. The Labute approximate surface area is 257 Å². The summed E-state index contributed by atoms with van der Waals surface area (Å²) in [6.07, 6.45) is 4.01. The van der Waals surface area contributed by atoms with Gasteiger partial charge in [-0.3, -0.25) is 9.59 Å². The summed E-state index contributed by atoms with van der Waals surface area (Å²) >= 11 is 0. The zero-order chi connectivity index (χ0) is 31.5. The summed E-state index contributed by atoms with van der Waals surface area (Å²) in [5.74, 6) is -0.455. The van der Waals surface area contributed by atoms with E-state index in [2.05, 4.69) is 15.6 Å². The number of nitrogens with one attached hydrogen (secondary N) is 2. The van der Waals surface area contributed by atoms with E-state index < -0.39 is 29.7 Å². The number of aromatic nitrogens is 2. The van der Waals surface area contributed by atoms with Crippen molar-refractivity contribution in [2.24, 2.45) is 0 Å². The lowest BCUT2D eigenvalue weighted by molar-refractivity contribution is -0.278. The van der Waals surface area contributed by atoms with Crippen LogP contribution in [0.25, 0.3) is 0 Å². The first-order valence-corrected chi connectivity index (χ1v) is 14.6. The molecule has 1 aliphatic heterocycles. The third-order valence-electron chi connectivity index (χ3n) is 6.94. The van der Waals surface area contributed by atoms with Gasteiger partial charge in [-0.25, -0.2) is 19.6 Å². The first-order chi connectivity index (χ1) is 21.1. The molecule has 2 aromatic carbocycles. The van der Waals surface area contributed by atoms with Crippen LogP contribution < -0.4 is 10.6 Å². The summed E-state index contributed by atoms with van der Waals surface area (Å²) in [7, 11) is 1.44.